The first-order chi connectivity index (χ1) is 9.56. The molecule has 0 aliphatic heterocycles. The summed E-state index contributed by atoms with van der Waals surface area (Å²) in [5, 5.41) is 0. The van der Waals surface area contributed by atoms with E-state index in [4.69, 9.17) is 24.6 Å². The number of ether oxygens (including phenoxy) is 1. The second kappa shape index (κ2) is 8.94. The number of allylic oxidation sites excluding steroid dienone is 1. The summed E-state index contributed by atoms with van der Waals surface area (Å²) in [6.45, 7) is 7.99. The number of alkyl halides is 2. The fourth-order valence-corrected chi connectivity index (χ4v) is 2.45. The third-order valence-electron chi connectivity index (χ3n) is 3.24. The fraction of sp³-hybridized carbons (Fsp3) is 0.812. The Bertz CT molecular complexity index is 347. The van der Waals surface area contributed by atoms with Gasteiger partial charge in [0.05, 0.1) is 8.46 Å². The molecule has 0 bridgehead atoms. The van der Waals surface area contributed by atoms with Crippen LogP contribution in [0.15, 0.2) is 11.6 Å². The number of hydrogen-bond donors (Lipinski definition) is 0. The summed E-state index contributed by atoms with van der Waals surface area (Å²) in [6.07, 6.45) is 7.01. The molecule has 0 heterocycles. The van der Waals surface area contributed by atoms with Crippen LogP contribution in [0.3, 0.4) is 0 Å². The molecule has 0 aromatic carbocycles. The molecule has 1 unspecified atom stereocenters. The Morgan fingerprint density at radius 2 is 1.80 bits per heavy atom. The Hall–Kier alpha value is -0.210. The molecule has 4 heteroatoms. The summed E-state index contributed by atoms with van der Waals surface area (Å²) < 4.78 is 11.4. The van der Waals surface area contributed by atoms with E-state index in [1.807, 2.05) is 20.8 Å². The van der Waals surface area contributed by atoms with E-state index < -0.39 is 5.97 Å². The highest BCUT2D eigenvalue weighted by atomic mass is 35.5. The fourth-order valence-electron chi connectivity index (χ4n) is 2.05. The maximum Gasteiger partial charge on any atom is 0.330 e. The van der Waals surface area contributed by atoms with Gasteiger partial charge < -0.3 is 4.74 Å². The minimum atomic E-state index is -0.444. The van der Waals surface area contributed by atoms with Gasteiger partial charge >= 0.3 is 5.97 Å². The van der Waals surface area contributed by atoms with Crippen LogP contribution < -0.4 is 0 Å². The van der Waals surface area contributed by atoms with Crippen LogP contribution in [0.2, 0.25) is 0 Å². The van der Waals surface area contributed by atoms with Gasteiger partial charge in [-0.15, -0.1) is 23.2 Å². The number of halogens is 2. The van der Waals surface area contributed by atoms with Gasteiger partial charge in [0, 0.05) is 15.8 Å². The second-order valence-corrected chi connectivity index (χ2v) is 8.23. The van der Waals surface area contributed by atoms with E-state index in [9.17, 15) is 4.79 Å². The van der Waals surface area contributed by atoms with Gasteiger partial charge in [0.15, 0.2) is 0 Å². The lowest BCUT2D eigenvalue weighted by molar-refractivity contribution is -0.134. The smallest absolute Gasteiger partial charge is 0.330 e. The first kappa shape index (κ1) is 17.8. The summed E-state index contributed by atoms with van der Waals surface area (Å²) in [5.74, 6) is -0.444. The van der Waals surface area contributed by atoms with Crippen LogP contribution in [0.1, 0.15) is 67.6 Å². The number of rotatable bonds is 9. The normalized spacial score (nSPS) is 16.5. The van der Waals surface area contributed by atoms with Crippen LogP contribution in [0, 0.1) is 0 Å². The summed E-state index contributed by atoms with van der Waals surface area (Å²) in [4.78, 5) is 10.8. The maximum absolute atomic E-state index is 11.2. The van der Waals surface area contributed by atoms with E-state index in [1.165, 1.54) is 6.08 Å². The van der Waals surface area contributed by atoms with Gasteiger partial charge in [-0.25, -0.2) is 4.79 Å². The molecule has 118 valence electrons. The number of hydrogen-bond acceptors (Lipinski definition) is 2. The largest absolute Gasteiger partial charge is 0.466 e. The van der Waals surface area contributed by atoms with Crippen molar-refractivity contribution >= 4 is 29.2 Å². The van der Waals surface area contributed by atoms with Crippen molar-refractivity contribution in [3.8, 4) is 0 Å². The van der Waals surface area contributed by atoms with Crippen LogP contribution in [0.5, 0.6) is 0 Å². The lowest BCUT2D eigenvalue weighted by atomic mass is 9.93. The Morgan fingerprint density at radius 1 is 1.20 bits per heavy atom. The molecule has 0 saturated carbocycles. The summed E-state index contributed by atoms with van der Waals surface area (Å²) in [7, 11) is -0.334. The number of methoxy groups -OCH3 is 1. The zero-order valence-electron chi connectivity index (χ0n) is 14.1. The zero-order chi connectivity index (χ0) is 16.5. The van der Waals surface area contributed by atoms with Crippen molar-refractivity contribution in [3.05, 3.63) is 11.6 Å². The average molecular weight is 325 g/mol. The van der Waals surface area contributed by atoms with Gasteiger partial charge in [0.2, 0.25) is 0 Å². The van der Waals surface area contributed by atoms with Crippen LogP contribution in [-0.4, -0.2) is 22.8 Å². The Morgan fingerprint density at radius 3 is 2.35 bits per heavy atom. The van der Waals surface area contributed by atoms with Gasteiger partial charge in [-0.05, 0) is 66.2 Å². The van der Waals surface area contributed by atoms with Crippen molar-refractivity contribution in [1.29, 1.82) is 0 Å². The van der Waals surface area contributed by atoms with Gasteiger partial charge in [0.1, 0.15) is 0 Å². The molecule has 0 spiro atoms. The molecular weight excluding hydrogens is 295 g/mol. The summed E-state index contributed by atoms with van der Waals surface area (Å²) in [6, 6.07) is 0. The molecule has 20 heavy (non-hydrogen) atoms. The van der Waals surface area contributed by atoms with Crippen molar-refractivity contribution in [1.82, 2.24) is 0 Å². The van der Waals surface area contributed by atoms with Crippen LogP contribution in [-0.2, 0) is 9.53 Å². The van der Waals surface area contributed by atoms with Gasteiger partial charge in [-0.1, -0.05) is 5.57 Å². The maximum atomic E-state index is 11.2. The quantitative estimate of drug-likeness (QED) is 0.319. The summed E-state index contributed by atoms with van der Waals surface area (Å²) >= 11 is 12.7. The summed E-state index contributed by atoms with van der Waals surface area (Å²) in [5.41, 5.74) is 0.961. The molecule has 0 fully saturated rings. The minimum absolute atomic E-state index is 0.162. The second-order valence-electron chi connectivity index (χ2n) is 6.29. The van der Waals surface area contributed by atoms with Crippen molar-refractivity contribution < 1.29 is 10.9 Å². The van der Waals surface area contributed by atoms with Crippen LogP contribution in [0.4, 0.5) is 0 Å². The van der Waals surface area contributed by atoms with E-state index in [0.29, 0.717) is 0 Å². The van der Waals surface area contributed by atoms with Gasteiger partial charge in [0.25, 0.3) is 0 Å². The molecule has 2 nitrogen and oxygen atoms in total. The first-order valence-electron chi connectivity index (χ1n) is 7.77. The molecule has 0 aromatic rings. The number of esters is 1. The molecule has 0 aliphatic rings. The average Bonchev–Trinajstić information content (AvgIpc) is 2.26. The molecule has 0 saturated heterocycles. The van der Waals surface area contributed by atoms with E-state index in [1.54, 1.807) is 0 Å². The Kier molecular flexibility index (Phi) is 7.98. The lowest BCUT2D eigenvalue weighted by Gasteiger charge is -2.24. The molecule has 1 atom stereocenters. The van der Waals surface area contributed by atoms with Crippen molar-refractivity contribution in [2.24, 2.45) is 0 Å². The number of carbonyl (C=O) groups is 1. The molecular formula is C16H28Cl2O2. The van der Waals surface area contributed by atoms with Crippen LogP contribution in [0.25, 0.3) is 0 Å². The first-order valence-corrected chi connectivity index (χ1v) is 7.82. The third-order valence-corrected chi connectivity index (χ3v) is 3.81. The molecule has 0 radical (unpaired) electrons. The third kappa shape index (κ3) is 11.6. The standard InChI is InChI=1S/C16H28Cl2O2/c1-13(12-14(19)20-5)8-6-10-16(4,18)11-7-9-15(2,3)17/h12H,6-11H2,1-5H3/b13-12+/i5T. The van der Waals surface area contributed by atoms with Gasteiger partial charge in [-0.2, -0.15) is 0 Å². The monoisotopic (exact) mass is 324 g/mol. The highest BCUT2D eigenvalue weighted by Gasteiger charge is 2.22. The molecule has 0 aromatic heterocycles. The molecule has 0 rings (SSSR count). The SMILES string of the molecule is [3H]COC(=O)/C=C(\C)CCCC(C)(Cl)CCCC(C)(C)Cl. The van der Waals surface area contributed by atoms with Crippen molar-refractivity contribution in [2.45, 2.75) is 76.0 Å². The van der Waals surface area contributed by atoms with E-state index >= 15 is 0 Å². The molecule has 0 aliphatic carbocycles. The Labute approximate surface area is 135 Å². The molecule has 0 N–H and O–H groups in total. The van der Waals surface area contributed by atoms with Crippen LogP contribution >= 0.6 is 23.2 Å². The van der Waals surface area contributed by atoms with Gasteiger partial charge in [-0.3, -0.25) is 0 Å². The predicted molar refractivity (Wildman–Crippen MR) is 87.7 cm³/mol. The minimum Gasteiger partial charge on any atom is -0.466 e. The van der Waals surface area contributed by atoms with Crippen molar-refractivity contribution in [2.75, 3.05) is 7.09 Å². The van der Waals surface area contributed by atoms with E-state index in [-0.39, 0.29) is 16.8 Å². The molecule has 0 amide bonds. The van der Waals surface area contributed by atoms with E-state index in [2.05, 4.69) is 11.7 Å². The zero-order valence-corrected chi connectivity index (χ0v) is 14.6. The predicted octanol–water partition coefficient (Wildman–Crippen LogP) is 5.46. The Balaban J connectivity index is 4.00. The highest BCUT2D eigenvalue weighted by Crippen LogP contribution is 2.31. The lowest BCUT2D eigenvalue weighted by Crippen LogP contribution is -2.18. The topological polar surface area (TPSA) is 26.3 Å². The highest BCUT2D eigenvalue weighted by molar-refractivity contribution is 6.24. The van der Waals surface area contributed by atoms with Crippen molar-refractivity contribution in [3.63, 3.8) is 0 Å². The van der Waals surface area contributed by atoms with E-state index in [0.717, 1.165) is 44.1 Å². The number of carbonyl (C=O) groups excluding carboxylic acids is 1.